The number of hydrogen-bond donors (Lipinski definition) is 1. The van der Waals surface area contributed by atoms with Crippen molar-refractivity contribution < 1.29 is 9.90 Å². The van der Waals surface area contributed by atoms with Crippen molar-refractivity contribution in [1.29, 1.82) is 0 Å². The third kappa shape index (κ3) is 2.21. The molecule has 0 aromatic carbocycles. The zero-order valence-corrected chi connectivity index (χ0v) is 10.4. The summed E-state index contributed by atoms with van der Waals surface area (Å²) < 4.78 is 1.68. The van der Waals surface area contributed by atoms with Gasteiger partial charge in [-0.15, -0.1) is 0 Å². The number of aromatic nitrogens is 4. The van der Waals surface area contributed by atoms with Crippen molar-refractivity contribution >= 4 is 5.97 Å². The average Bonchev–Trinajstić information content (AvgIpc) is 2.77. The van der Waals surface area contributed by atoms with Crippen molar-refractivity contribution in [2.75, 3.05) is 0 Å². The Morgan fingerprint density at radius 2 is 2.00 bits per heavy atom. The van der Waals surface area contributed by atoms with Gasteiger partial charge in [-0.1, -0.05) is 6.42 Å². The number of imidazole rings is 1. The third-order valence-electron chi connectivity index (χ3n) is 3.40. The van der Waals surface area contributed by atoms with Crippen LogP contribution >= 0.6 is 0 Å². The molecule has 3 rings (SSSR count). The van der Waals surface area contributed by atoms with Gasteiger partial charge in [0.1, 0.15) is 18.5 Å². The van der Waals surface area contributed by atoms with Gasteiger partial charge in [0.25, 0.3) is 0 Å². The predicted octanol–water partition coefficient (Wildman–Crippen LogP) is 1.63. The Morgan fingerprint density at radius 3 is 2.79 bits per heavy atom. The molecule has 0 saturated carbocycles. The Balaban J connectivity index is 2.06. The van der Waals surface area contributed by atoms with Crippen molar-refractivity contribution in [1.82, 2.24) is 19.5 Å². The topological polar surface area (TPSA) is 80.9 Å². The van der Waals surface area contributed by atoms with Gasteiger partial charge in [-0.3, -0.25) is 4.57 Å². The van der Waals surface area contributed by atoms with Crippen LogP contribution in [0.25, 0.3) is 5.82 Å². The van der Waals surface area contributed by atoms with Crippen LogP contribution in [0.4, 0.5) is 0 Å². The molecular formula is C13H14N4O2. The summed E-state index contributed by atoms with van der Waals surface area (Å²) in [5.41, 5.74) is 2.23. The number of carboxylic acid groups (broad SMARTS) is 1. The lowest BCUT2D eigenvalue weighted by Gasteiger charge is -2.10. The lowest BCUT2D eigenvalue weighted by Crippen LogP contribution is -2.06. The Labute approximate surface area is 110 Å². The molecule has 0 amide bonds. The zero-order chi connectivity index (χ0) is 13.2. The molecule has 2 aromatic rings. The van der Waals surface area contributed by atoms with Crippen molar-refractivity contribution in [3.05, 3.63) is 35.8 Å². The fourth-order valence-corrected chi connectivity index (χ4v) is 2.45. The molecule has 0 fully saturated rings. The summed E-state index contributed by atoms with van der Waals surface area (Å²) in [6.07, 6.45) is 9.89. The fraction of sp³-hybridized carbons (Fsp3) is 0.385. The number of nitrogens with zero attached hydrogens (tertiary/aromatic N) is 4. The smallest absolute Gasteiger partial charge is 0.356 e. The molecule has 0 radical (unpaired) electrons. The predicted molar refractivity (Wildman–Crippen MR) is 67.4 cm³/mol. The lowest BCUT2D eigenvalue weighted by atomic mass is 10.1. The van der Waals surface area contributed by atoms with Crippen LogP contribution in [0.5, 0.6) is 0 Å². The number of fused-ring (bicyclic) bond motifs is 1. The molecule has 6 heteroatoms. The average molecular weight is 258 g/mol. The van der Waals surface area contributed by atoms with Gasteiger partial charge < -0.3 is 5.11 Å². The Bertz CT molecular complexity index is 621. The largest absolute Gasteiger partial charge is 0.476 e. The van der Waals surface area contributed by atoms with E-state index in [1.807, 2.05) is 0 Å². The van der Waals surface area contributed by atoms with Crippen LogP contribution in [0.2, 0.25) is 0 Å². The standard InChI is InChI=1S/C13H14N4O2/c18-13(19)11-6-17(8-16-11)12-9-4-2-1-3-5-10(9)14-7-15-12/h6-8H,1-5H2,(H,18,19). The first-order valence-corrected chi connectivity index (χ1v) is 6.36. The Hall–Kier alpha value is -2.24. The maximum Gasteiger partial charge on any atom is 0.356 e. The van der Waals surface area contributed by atoms with Crippen LogP contribution in [0.3, 0.4) is 0 Å². The number of rotatable bonds is 2. The summed E-state index contributed by atoms with van der Waals surface area (Å²) in [5, 5.41) is 8.92. The van der Waals surface area contributed by atoms with Gasteiger partial charge in [0.2, 0.25) is 0 Å². The van der Waals surface area contributed by atoms with Gasteiger partial charge >= 0.3 is 5.97 Å². The van der Waals surface area contributed by atoms with Crippen LogP contribution in [0.1, 0.15) is 41.0 Å². The van der Waals surface area contributed by atoms with Crippen LogP contribution in [-0.2, 0) is 12.8 Å². The van der Waals surface area contributed by atoms with E-state index < -0.39 is 5.97 Å². The second-order valence-corrected chi connectivity index (χ2v) is 4.65. The van der Waals surface area contributed by atoms with Gasteiger partial charge in [-0.05, 0) is 25.7 Å². The van der Waals surface area contributed by atoms with Crippen molar-refractivity contribution in [2.24, 2.45) is 0 Å². The van der Waals surface area contributed by atoms with E-state index >= 15 is 0 Å². The molecule has 6 nitrogen and oxygen atoms in total. The highest BCUT2D eigenvalue weighted by Gasteiger charge is 2.16. The van der Waals surface area contributed by atoms with E-state index in [2.05, 4.69) is 15.0 Å². The van der Waals surface area contributed by atoms with Crippen LogP contribution in [0.15, 0.2) is 18.9 Å². The van der Waals surface area contributed by atoms with Crippen LogP contribution in [0, 0.1) is 0 Å². The number of carboxylic acids is 1. The molecule has 2 aromatic heterocycles. The summed E-state index contributed by atoms with van der Waals surface area (Å²) in [5.74, 6) is -0.272. The highest BCUT2D eigenvalue weighted by atomic mass is 16.4. The van der Waals surface area contributed by atoms with E-state index in [9.17, 15) is 4.79 Å². The van der Waals surface area contributed by atoms with E-state index in [0.717, 1.165) is 42.8 Å². The van der Waals surface area contributed by atoms with E-state index in [1.165, 1.54) is 18.9 Å². The molecule has 0 aliphatic heterocycles. The summed E-state index contributed by atoms with van der Waals surface area (Å²) >= 11 is 0. The maximum absolute atomic E-state index is 10.9. The minimum absolute atomic E-state index is 0.0287. The molecular weight excluding hydrogens is 244 g/mol. The van der Waals surface area contributed by atoms with E-state index in [0.29, 0.717) is 0 Å². The molecule has 1 N–H and O–H groups in total. The van der Waals surface area contributed by atoms with Gasteiger partial charge in [-0.2, -0.15) is 0 Å². The number of carbonyl (C=O) groups is 1. The first-order chi connectivity index (χ1) is 9.25. The lowest BCUT2D eigenvalue weighted by molar-refractivity contribution is 0.0691. The van der Waals surface area contributed by atoms with Crippen molar-refractivity contribution in [3.8, 4) is 5.82 Å². The number of aryl methyl sites for hydroxylation is 1. The molecule has 98 valence electrons. The molecule has 19 heavy (non-hydrogen) atoms. The fourth-order valence-electron chi connectivity index (χ4n) is 2.45. The highest BCUT2D eigenvalue weighted by molar-refractivity contribution is 5.85. The summed E-state index contributed by atoms with van der Waals surface area (Å²) in [6, 6.07) is 0. The van der Waals surface area contributed by atoms with E-state index in [4.69, 9.17) is 5.11 Å². The molecule has 0 bridgehead atoms. The minimum Gasteiger partial charge on any atom is -0.476 e. The van der Waals surface area contributed by atoms with Crippen LogP contribution in [-0.4, -0.2) is 30.6 Å². The summed E-state index contributed by atoms with van der Waals surface area (Å²) in [6.45, 7) is 0. The summed E-state index contributed by atoms with van der Waals surface area (Å²) in [7, 11) is 0. The normalized spacial score (nSPS) is 14.7. The molecule has 1 aliphatic rings. The molecule has 0 saturated heterocycles. The minimum atomic E-state index is -1.03. The molecule has 1 aliphatic carbocycles. The summed E-state index contributed by atoms with van der Waals surface area (Å²) in [4.78, 5) is 23.4. The second-order valence-electron chi connectivity index (χ2n) is 4.65. The number of aromatic carboxylic acids is 1. The van der Waals surface area contributed by atoms with Gasteiger partial charge in [0.15, 0.2) is 5.69 Å². The van der Waals surface area contributed by atoms with Gasteiger partial charge in [-0.25, -0.2) is 19.7 Å². The second kappa shape index (κ2) is 4.79. The molecule has 0 unspecified atom stereocenters. The Morgan fingerprint density at radius 1 is 1.16 bits per heavy atom. The SMILES string of the molecule is O=C(O)c1cn(-c2ncnc3c2CCCCC3)cn1. The van der Waals surface area contributed by atoms with Gasteiger partial charge in [0, 0.05) is 17.5 Å². The molecule has 0 spiro atoms. The van der Waals surface area contributed by atoms with E-state index in [1.54, 1.807) is 10.9 Å². The third-order valence-corrected chi connectivity index (χ3v) is 3.40. The highest BCUT2D eigenvalue weighted by Crippen LogP contribution is 2.23. The van der Waals surface area contributed by atoms with Gasteiger partial charge in [0.05, 0.1) is 0 Å². The van der Waals surface area contributed by atoms with Crippen LogP contribution < -0.4 is 0 Å². The first-order valence-electron chi connectivity index (χ1n) is 6.36. The zero-order valence-electron chi connectivity index (χ0n) is 10.4. The monoisotopic (exact) mass is 258 g/mol. The maximum atomic E-state index is 10.9. The molecule has 0 atom stereocenters. The van der Waals surface area contributed by atoms with E-state index in [-0.39, 0.29) is 5.69 Å². The van der Waals surface area contributed by atoms with Crippen molar-refractivity contribution in [3.63, 3.8) is 0 Å². The Kier molecular flexibility index (Phi) is 2.98. The first kappa shape index (κ1) is 11.8. The quantitative estimate of drug-likeness (QED) is 0.828. The molecule has 2 heterocycles. The van der Waals surface area contributed by atoms with Crippen molar-refractivity contribution in [2.45, 2.75) is 32.1 Å². The number of hydrogen-bond acceptors (Lipinski definition) is 4.